The highest BCUT2D eigenvalue weighted by atomic mass is 15.1. The van der Waals surface area contributed by atoms with Gasteiger partial charge < -0.3 is 4.90 Å². The van der Waals surface area contributed by atoms with Gasteiger partial charge >= 0.3 is 0 Å². The molecular weight excluding hydrogens is 248 g/mol. The van der Waals surface area contributed by atoms with E-state index < -0.39 is 0 Å². The molecule has 0 aliphatic rings. The lowest BCUT2D eigenvalue weighted by atomic mass is 10.1. The van der Waals surface area contributed by atoms with Crippen LogP contribution in [0.3, 0.4) is 0 Å². The van der Waals surface area contributed by atoms with E-state index >= 15 is 0 Å². The lowest BCUT2D eigenvalue weighted by Gasteiger charge is -2.21. The van der Waals surface area contributed by atoms with E-state index in [9.17, 15) is 0 Å². The number of aryl methyl sites for hydroxylation is 1. The van der Waals surface area contributed by atoms with Crippen LogP contribution in [-0.2, 0) is 0 Å². The minimum Gasteiger partial charge on any atom is -0.372 e. The second kappa shape index (κ2) is 6.80. The minimum atomic E-state index is 0.673. The zero-order valence-corrected chi connectivity index (χ0v) is 12.2. The van der Waals surface area contributed by atoms with Crippen LogP contribution in [0.25, 0.3) is 12.2 Å². The summed E-state index contributed by atoms with van der Waals surface area (Å²) in [7, 11) is 0. The maximum Gasteiger partial charge on any atom is 0.155 e. The van der Waals surface area contributed by atoms with Crippen molar-refractivity contribution in [2.45, 2.75) is 20.8 Å². The van der Waals surface area contributed by atoms with E-state index in [0.717, 1.165) is 13.1 Å². The molecule has 0 saturated heterocycles. The van der Waals surface area contributed by atoms with Crippen LogP contribution in [-0.4, -0.2) is 28.0 Å². The summed E-state index contributed by atoms with van der Waals surface area (Å²) in [6.45, 7) is 8.52. The second-order valence-corrected chi connectivity index (χ2v) is 4.54. The molecule has 1 aromatic carbocycles. The van der Waals surface area contributed by atoms with Gasteiger partial charge in [0, 0.05) is 18.8 Å². The van der Waals surface area contributed by atoms with Gasteiger partial charge in [0.2, 0.25) is 0 Å². The predicted molar refractivity (Wildman–Crippen MR) is 83.5 cm³/mol. The molecule has 0 saturated carbocycles. The Balaban J connectivity index is 2.20. The molecule has 2 rings (SSSR count). The number of hydrogen-bond acceptors (Lipinski definition) is 4. The number of rotatable bonds is 5. The van der Waals surface area contributed by atoms with E-state index in [2.05, 4.69) is 58.8 Å². The van der Waals surface area contributed by atoms with Crippen molar-refractivity contribution in [2.24, 2.45) is 0 Å². The quantitative estimate of drug-likeness (QED) is 0.835. The molecule has 0 radical (unpaired) electrons. The topological polar surface area (TPSA) is 41.9 Å². The fraction of sp³-hybridized carbons (Fsp3) is 0.312. The number of anilines is 1. The Morgan fingerprint density at radius 2 is 1.75 bits per heavy atom. The summed E-state index contributed by atoms with van der Waals surface area (Å²) >= 11 is 0. The average Bonchev–Trinajstić information content (AvgIpc) is 2.49. The van der Waals surface area contributed by atoms with Crippen LogP contribution in [0, 0.1) is 6.92 Å². The summed E-state index contributed by atoms with van der Waals surface area (Å²) in [4.78, 5) is 14.3. The van der Waals surface area contributed by atoms with Crippen LogP contribution in [0.5, 0.6) is 0 Å². The molecule has 0 aliphatic carbocycles. The van der Waals surface area contributed by atoms with Crippen molar-refractivity contribution in [3.63, 3.8) is 0 Å². The molecule has 104 valence electrons. The first kappa shape index (κ1) is 14.2. The first-order chi connectivity index (χ1) is 9.74. The third kappa shape index (κ3) is 3.41. The van der Waals surface area contributed by atoms with Crippen LogP contribution in [0.15, 0.2) is 30.9 Å². The van der Waals surface area contributed by atoms with Crippen molar-refractivity contribution in [3.8, 4) is 0 Å². The molecule has 2 aromatic rings. The molecule has 4 nitrogen and oxygen atoms in total. The zero-order valence-electron chi connectivity index (χ0n) is 12.2. The van der Waals surface area contributed by atoms with Crippen molar-refractivity contribution in [2.75, 3.05) is 18.0 Å². The van der Waals surface area contributed by atoms with Gasteiger partial charge in [-0.25, -0.2) is 15.0 Å². The van der Waals surface area contributed by atoms with Gasteiger partial charge in [0.05, 0.1) is 0 Å². The molecule has 0 bridgehead atoms. The smallest absolute Gasteiger partial charge is 0.155 e. The van der Waals surface area contributed by atoms with Crippen LogP contribution >= 0.6 is 0 Å². The van der Waals surface area contributed by atoms with E-state index in [1.807, 2.05) is 12.2 Å². The maximum absolute atomic E-state index is 4.08. The predicted octanol–water partition coefficient (Wildman–Crippen LogP) is 3.20. The van der Waals surface area contributed by atoms with Crippen LogP contribution in [0.1, 0.15) is 30.8 Å². The molecule has 0 aliphatic heterocycles. The van der Waals surface area contributed by atoms with Gasteiger partial charge in [0.15, 0.2) is 5.82 Å². The second-order valence-electron chi connectivity index (χ2n) is 4.54. The Morgan fingerprint density at radius 3 is 2.35 bits per heavy atom. The Labute approximate surface area is 120 Å². The molecule has 1 heterocycles. The van der Waals surface area contributed by atoms with E-state index in [1.54, 1.807) is 0 Å². The highest BCUT2D eigenvalue weighted by Gasteiger charge is 2.03. The summed E-state index contributed by atoms with van der Waals surface area (Å²) in [5.74, 6) is 0.673. The van der Waals surface area contributed by atoms with Gasteiger partial charge in [-0.3, -0.25) is 0 Å². The Morgan fingerprint density at radius 1 is 1.05 bits per heavy atom. The Kier molecular flexibility index (Phi) is 4.82. The zero-order chi connectivity index (χ0) is 14.4. The summed E-state index contributed by atoms with van der Waals surface area (Å²) in [6.07, 6.45) is 6.95. The molecular formula is C16H20N4. The monoisotopic (exact) mass is 268 g/mol. The summed E-state index contributed by atoms with van der Waals surface area (Å²) in [5, 5.41) is 0. The number of hydrogen-bond donors (Lipinski definition) is 0. The normalized spacial score (nSPS) is 10.9. The number of benzene rings is 1. The lowest BCUT2D eigenvalue weighted by Crippen LogP contribution is -2.21. The highest BCUT2D eigenvalue weighted by Crippen LogP contribution is 2.20. The molecule has 0 unspecified atom stereocenters. The summed E-state index contributed by atoms with van der Waals surface area (Å²) in [6, 6.07) is 6.52. The Hall–Kier alpha value is -2.23. The van der Waals surface area contributed by atoms with Gasteiger partial charge in [-0.1, -0.05) is 12.1 Å². The van der Waals surface area contributed by atoms with E-state index in [1.165, 1.54) is 29.5 Å². The highest BCUT2D eigenvalue weighted by molar-refractivity contribution is 5.70. The molecule has 0 N–H and O–H groups in total. The molecule has 0 spiro atoms. The van der Waals surface area contributed by atoms with Crippen LogP contribution < -0.4 is 4.90 Å². The summed E-state index contributed by atoms with van der Waals surface area (Å²) in [5.41, 5.74) is 3.70. The van der Waals surface area contributed by atoms with Gasteiger partial charge in [0.1, 0.15) is 12.7 Å². The molecule has 20 heavy (non-hydrogen) atoms. The first-order valence-corrected chi connectivity index (χ1v) is 6.90. The molecule has 1 aromatic heterocycles. The van der Waals surface area contributed by atoms with Crippen LogP contribution in [0.4, 0.5) is 5.69 Å². The first-order valence-electron chi connectivity index (χ1n) is 6.90. The number of nitrogens with zero attached hydrogens (tertiary/aromatic N) is 4. The lowest BCUT2D eigenvalue weighted by molar-refractivity contribution is 0.865. The third-order valence-corrected chi connectivity index (χ3v) is 3.31. The van der Waals surface area contributed by atoms with Gasteiger partial charge in [0.25, 0.3) is 0 Å². The third-order valence-electron chi connectivity index (χ3n) is 3.31. The fourth-order valence-electron chi connectivity index (χ4n) is 2.13. The Bertz CT molecular complexity index is 574. The van der Waals surface area contributed by atoms with E-state index in [-0.39, 0.29) is 0 Å². The van der Waals surface area contributed by atoms with E-state index in [0.29, 0.717) is 5.82 Å². The largest absolute Gasteiger partial charge is 0.372 e. The molecule has 4 heteroatoms. The SMILES string of the molecule is CCN(CC)c1ccc(C=Cc2ncncn2)c(C)c1. The van der Waals surface area contributed by atoms with Crippen molar-refractivity contribution in [1.29, 1.82) is 0 Å². The van der Waals surface area contributed by atoms with Gasteiger partial charge in [-0.15, -0.1) is 0 Å². The van der Waals surface area contributed by atoms with Crippen LogP contribution in [0.2, 0.25) is 0 Å². The van der Waals surface area contributed by atoms with E-state index in [4.69, 9.17) is 0 Å². The number of aromatic nitrogens is 3. The minimum absolute atomic E-state index is 0.673. The summed E-state index contributed by atoms with van der Waals surface area (Å²) < 4.78 is 0. The molecule has 0 amide bonds. The van der Waals surface area contributed by atoms with Crippen molar-refractivity contribution >= 4 is 17.8 Å². The standard InChI is InChI=1S/C16H20N4/c1-4-20(5-2)15-8-6-14(13(3)10-15)7-9-16-18-11-17-12-19-16/h6-12H,4-5H2,1-3H3. The molecule has 0 fully saturated rings. The van der Waals surface area contributed by atoms with Crippen molar-refractivity contribution in [3.05, 3.63) is 47.8 Å². The van der Waals surface area contributed by atoms with Crippen molar-refractivity contribution in [1.82, 2.24) is 15.0 Å². The van der Waals surface area contributed by atoms with Crippen molar-refractivity contribution < 1.29 is 0 Å². The maximum atomic E-state index is 4.08. The van der Waals surface area contributed by atoms with Gasteiger partial charge in [-0.2, -0.15) is 0 Å². The fourth-order valence-corrected chi connectivity index (χ4v) is 2.13. The van der Waals surface area contributed by atoms with Gasteiger partial charge in [-0.05, 0) is 50.1 Å². The average molecular weight is 268 g/mol. The molecule has 0 atom stereocenters.